The predicted octanol–water partition coefficient (Wildman–Crippen LogP) is 3.39. The minimum atomic E-state index is -4.67. The smallest absolute Gasteiger partial charge is 0.264 e. The van der Waals surface area contributed by atoms with Crippen LogP contribution in [0.5, 0.6) is 0 Å². The molecule has 0 N–H and O–H groups in total. The van der Waals surface area contributed by atoms with E-state index in [1.807, 2.05) is 0 Å². The number of hydrogen-bond donors (Lipinski definition) is 0. The van der Waals surface area contributed by atoms with Gasteiger partial charge in [-0.2, -0.15) is 13.2 Å². The highest BCUT2D eigenvalue weighted by Crippen LogP contribution is 2.33. The lowest BCUT2D eigenvalue weighted by Crippen LogP contribution is -2.08. The first kappa shape index (κ1) is 9.89. The first-order valence-corrected chi connectivity index (χ1v) is 4.09. The summed E-state index contributed by atoms with van der Waals surface area (Å²) in [4.78, 5) is 3.59. The average molecular weight is 215 g/mol. The van der Waals surface area contributed by atoms with Gasteiger partial charge < -0.3 is 0 Å². The number of aromatic nitrogens is 1. The van der Waals surface area contributed by atoms with Gasteiger partial charge in [0.2, 0.25) is 0 Å². The van der Waals surface area contributed by atoms with E-state index in [0.717, 1.165) is 12.3 Å². The lowest BCUT2D eigenvalue weighted by Gasteiger charge is -2.09. The summed E-state index contributed by atoms with van der Waals surface area (Å²) in [7, 11) is 0. The minimum absolute atomic E-state index is 0.118. The molecule has 0 aliphatic carbocycles. The van der Waals surface area contributed by atoms with Gasteiger partial charge in [-0.15, -0.1) is 0 Å². The molecule has 0 fully saturated rings. The number of alkyl halides is 3. The summed E-state index contributed by atoms with van der Waals surface area (Å²) in [6.07, 6.45) is -2.19. The Kier molecular flexibility index (Phi) is 2.10. The van der Waals surface area contributed by atoms with Gasteiger partial charge in [0.25, 0.3) is 0 Å². The van der Waals surface area contributed by atoms with E-state index < -0.39 is 17.6 Å². The molecule has 78 valence electrons. The monoisotopic (exact) mass is 215 g/mol. The Morgan fingerprint density at radius 2 is 1.80 bits per heavy atom. The fraction of sp³-hybridized carbons (Fsp3) is 0.100. The highest BCUT2D eigenvalue weighted by atomic mass is 19.4. The Labute approximate surface area is 82.4 Å². The summed E-state index contributed by atoms with van der Waals surface area (Å²) in [6, 6.07) is 3.42. The normalized spacial score (nSPS) is 12.0. The van der Waals surface area contributed by atoms with Crippen molar-refractivity contribution in [3.8, 4) is 0 Å². The molecule has 0 spiro atoms. The zero-order chi connectivity index (χ0) is 11.1. The number of fused-ring (bicyclic) bond motifs is 1. The van der Waals surface area contributed by atoms with Gasteiger partial charge >= 0.3 is 6.18 Å². The van der Waals surface area contributed by atoms with Crippen LogP contribution in [0.4, 0.5) is 17.6 Å². The zero-order valence-electron chi connectivity index (χ0n) is 7.35. The maximum Gasteiger partial charge on any atom is 0.419 e. The molecular formula is C10H5F4N. The molecule has 15 heavy (non-hydrogen) atoms. The minimum Gasteiger partial charge on any atom is -0.264 e. The Balaban J connectivity index is 2.76. The van der Waals surface area contributed by atoms with Gasteiger partial charge in [0.05, 0.1) is 5.56 Å². The van der Waals surface area contributed by atoms with Gasteiger partial charge in [0.15, 0.2) is 0 Å². The molecule has 0 aliphatic heterocycles. The van der Waals surface area contributed by atoms with Crippen molar-refractivity contribution in [3.05, 3.63) is 42.0 Å². The highest BCUT2D eigenvalue weighted by Gasteiger charge is 2.34. The molecule has 1 aromatic heterocycles. The summed E-state index contributed by atoms with van der Waals surface area (Å²) in [5.41, 5.74) is -1.26. The summed E-state index contributed by atoms with van der Waals surface area (Å²) in [6.45, 7) is 0. The van der Waals surface area contributed by atoms with Crippen molar-refractivity contribution in [2.45, 2.75) is 6.18 Å². The summed E-state index contributed by atoms with van der Waals surface area (Å²) in [5, 5.41) is 0.280. The van der Waals surface area contributed by atoms with E-state index in [1.165, 1.54) is 18.3 Å². The van der Waals surface area contributed by atoms with Crippen LogP contribution in [-0.2, 0) is 6.18 Å². The standard InChI is InChI=1S/C10H5F4N/c11-9-7-5-15-4-3-6(7)1-2-8(9)10(12,13)14/h1-5H. The van der Waals surface area contributed by atoms with Crippen molar-refractivity contribution >= 4 is 10.8 Å². The number of halogens is 4. The third kappa shape index (κ3) is 1.65. The maximum absolute atomic E-state index is 13.4. The number of pyridine rings is 1. The topological polar surface area (TPSA) is 12.9 Å². The van der Waals surface area contributed by atoms with Gasteiger partial charge in [-0.1, -0.05) is 6.07 Å². The second-order valence-corrected chi connectivity index (χ2v) is 3.02. The fourth-order valence-electron chi connectivity index (χ4n) is 1.34. The van der Waals surface area contributed by atoms with Crippen molar-refractivity contribution < 1.29 is 17.6 Å². The Morgan fingerprint density at radius 1 is 1.07 bits per heavy atom. The highest BCUT2D eigenvalue weighted by molar-refractivity contribution is 5.82. The first-order chi connectivity index (χ1) is 7.00. The molecule has 0 saturated heterocycles. The van der Waals surface area contributed by atoms with Crippen LogP contribution in [0.25, 0.3) is 10.8 Å². The largest absolute Gasteiger partial charge is 0.419 e. The van der Waals surface area contributed by atoms with Crippen LogP contribution in [0, 0.1) is 5.82 Å². The first-order valence-electron chi connectivity index (χ1n) is 4.09. The van der Waals surface area contributed by atoms with Crippen LogP contribution in [0.2, 0.25) is 0 Å². The second-order valence-electron chi connectivity index (χ2n) is 3.02. The third-order valence-electron chi connectivity index (χ3n) is 2.06. The summed E-state index contributed by atoms with van der Waals surface area (Å²) >= 11 is 0. The molecule has 5 heteroatoms. The number of hydrogen-bond acceptors (Lipinski definition) is 1. The summed E-state index contributed by atoms with van der Waals surface area (Å²) in [5.74, 6) is -1.27. The van der Waals surface area contributed by atoms with E-state index in [0.29, 0.717) is 5.39 Å². The molecule has 0 radical (unpaired) electrons. The quantitative estimate of drug-likeness (QED) is 0.614. The van der Waals surface area contributed by atoms with Crippen molar-refractivity contribution in [1.82, 2.24) is 4.98 Å². The van der Waals surface area contributed by atoms with E-state index in [1.54, 1.807) is 0 Å². The maximum atomic E-state index is 13.4. The van der Waals surface area contributed by atoms with Gasteiger partial charge in [-0.25, -0.2) is 4.39 Å². The molecule has 0 saturated carbocycles. The van der Waals surface area contributed by atoms with Crippen LogP contribution in [0.3, 0.4) is 0 Å². The van der Waals surface area contributed by atoms with E-state index >= 15 is 0 Å². The molecule has 2 aromatic rings. The predicted molar refractivity (Wildman–Crippen MR) is 46.7 cm³/mol. The molecule has 2 rings (SSSR count). The van der Waals surface area contributed by atoms with Crippen molar-refractivity contribution in [2.75, 3.05) is 0 Å². The Morgan fingerprint density at radius 3 is 2.47 bits per heavy atom. The molecule has 1 heterocycles. The molecule has 0 atom stereocenters. The van der Waals surface area contributed by atoms with Crippen LogP contribution < -0.4 is 0 Å². The van der Waals surface area contributed by atoms with Gasteiger partial charge in [0.1, 0.15) is 5.82 Å². The molecule has 0 unspecified atom stereocenters. The third-order valence-corrected chi connectivity index (χ3v) is 2.06. The number of rotatable bonds is 0. The Bertz CT molecular complexity index is 504. The van der Waals surface area contributed by atoms with Crippen LogP contribution in [-0.4, -0.2) is 4.98 Å². The number of nitrogens with zero attached hydrogens (tertiary/aromatic N) is 1. The van der Waals surface area contributed by atoms with E-state index in [-0.39, 0.29) is 5.39 Å². The summed E-state index contributed by atoms with van der Waals surface area (Å²) < 4.78 is 50.4. The number of benzene rings is 1. The van der Waals surface area contributed by atoms with Crippen molar-refractivity contribution in [1.29, 1.82) is 0 Å². The van der Waals surface area contributed by atoms with Gasteiger partial charge in [0, 0.05) is 17.8 Å². The molecular weight excluding hydrogens is 210 g/mol. The van der Waals surface area contributed by atoms with Crippen LogP contribution >= 0.6 is 0 Å². The lowest BCUT2D eigenvalue weighted by molar-refractivity contribution is -0.139. The SMILES string of the molecule is Fc1c(C(F)(F)F)ccc2ccncc12. The molecule has 1 nitrogen and oxygen atoms in total. The molecule has 0 amide bonds. The molecule has 0 bridgehead atoms. The van der Waals surface area contributed by atoms with Crippen LogP contribution in [0.15, 0.2) is 30.6 Å². The molecule has 1 aromatic carbocycles. The van der Waals surface area contributed by atoms with E-state index in [2.05, 4.69) is 4.98 Å². The van der Waals surface area contributed by atoms with Gasteiger partial charge in [-0.05, 0) is 17.5 Å². The Hall–Kier alpha value is -1.65. The van der Waals surface area contributed by atoms with Crippen molar-refractivity contribution in [2.24, 2.45) is 0 Å². The zero-order valence-corrected chi connectivity index (χ0v) is 7.35. The second kappa shape index (κ2) is 3.18. The fourth-order valence-corrected chi connectivity index (χ4v) is 1.34. The van der Waals surface area contributed by atoms with Gasteiger partial charge in [-0.3, -0.25) is 4.98 Å². The lowest BCUT2D eigenvalue weighted by atomic mass is 10.1. The van der Waals surface area contributed by atoms with E-state index in [9.17, 15) is 17.6 Å². The van der Waals surface area contributed by atoms with E-state index in [4.69, 9.17) is 0 Å². The molecule has 0 aliphatic rings. The van der Waals surface area contributed by atoms with Crippen molar-refractivity contribution in [3.63, 3.8) is 0 Å². The average Bonchev–Trinajstić information content (AvgIpc) is 2.16. The van der Waals surface area contributed by atoms with Crippen LogP contribution in [0.1, 0.15) is 5.56 Å².